The number of halogens is 1. The third-order valence-corrected chi connectivity index (χ3v) is 4.28. The van der Waals surface area contributed by atoms with Gasteiger partial charge < -0.3 is 19.7 Å². The number of benzene rings is 2. The summed E-state index contributed by atoms with van der Waals surface area (Å²) in [6.07, 6.45) is 0. The molecule has 5 nitrogen and oxygen atoms in total. The van der Waals surface area contributed by atoms with Gasteiger partial charge in [0.2, 0.25) is 5.91 Å². The topological polar surface area (TPSA) is 50.8 Å². The molecule has 2 atom stereocenters. The fourth-order valence-corrected chi connectivity index (χ4v) is 2.80. The maximum Gasteiger partial charge on any atom is 0.227 e. The molecule has 0 radical (unpaired) electrons. The largest absolute Gasteiger partial charge is 0.497 e. The Morgan fingerprint density at radius 1 is 1.08 bits per heavy atom. The van der Waals surface area contributed by atoms with E-state index in [4.69, 9.17) is 9.47 Å². The van der Waals surface area contributed by atoms with Crippen LogP contribution < -0.4 is 14.8 Å². The van der Waals surface area contributed by atoms with Crippen LogP contribution in [0.4, 0.5) is 10.1 Å². The third-order valence-electron chi connectivity index (χ3n) is 4.28. The predicted octanol–water partition coefficient (Wildman–Crippen LogP) is 3.72. The van der Waals surface area contributed by atoms with Gasteiger partial charge in [0.25, 0.3) is 0 Å². The molecule has 0 fully saturated rings. The summed E-state index contributed by atoms with van der Waals surface area (Å²) in [7, 11) is 6.59. The van der Waals surface area contributed by atoms with Crippen LogP contribution in [0, 0.1) is 11.7 Å². The highest BCUT2D eigenvalue weighted by Crippen LogP contribution is 2.34. The molecule has 0 saturated carbocycles. The number of methoxy groups -OCH3 is 2. The number of rotatable bonds is 7. The van der Waals surface area contributed by atoms with Crippen molar-refractivity contribution >= 4 is 11.6 Å². The molecule has 2 rings (SSSR count). The molecule has 0 aliphatic carbocycles. The van der Waals surface area contributed by atoms with E-state index in [1.807, 2.05) is 19.1 Å². The molecule has 26 heavy (non-hydrogen) atoms. The van der Waals surface area contributed by atoms with Crippen LogP contribution in [0.1, 0.15) is 18.5 Å². The van der Waals surface area contributed by atoms with Crippen LogP contribution in [-0.2, 0) is 4.79 Å². The zero-order chi connectivity index (χ0) is 19.3. The van der Waals surface area contributed by atoms with Crippen LogP contribution in [-0.4, -0.2) is 39.1 Å². The Hall–Kier alpha value is -2.76. The van der Waals surface area contributed by atoms with Gasteiger partial charge >= 0.3 is 0 Å². The van der Waals surface area contributed by atoms with Crippen molar-refractivity contribution in [3.63, 3.8) is 0 Å². The summed E-state index contributed by atoms with van der Waals surface area (Å²) in [5.74, 6) is 0.548. The molecular formula is C20H25FN2O3. The van der Waals surface area contributed by atoms with Crippen LogP contribution in [0.25, 0.3) is 0 Å². The van der Waals surface area contributed by atoms with Crippen molar-refractivity contribution in [1.82, 2.24) is 4.90 Å². The molecule has 0 spiro atoms. The number of amides is 1. The maximum atomic E-state index is 13.3. The normalized spacial score (nSPS) is 12.8. The summed E-state index contributed by atoms with van der Waals surface area (Å²) in [4.78, 5) is 14.1. The van der Waals surface area contributed by atoms with E-state index in [1.165, 1.54) is 12.1 Å². The van der Waals surface area contributed by atoms with E-state index in [1.54, 1.807) is 51.4 Å². The molecule has 0 aliphatic rings. The second-order valence-electron chi connectivity index (χ2n) is 6.26. The van der Waals surface area contributed by atoms with Gasteiger partial charge in [0.05, 0.1) is 31.9 Å². The van der Waals surface area contributed by atoms with E-state index in [0.717, 1.165) is 11.3 Å². The molecule has 1 amide bonds. The first kappa shape index (κ1) is 19.6. The standard InChI is InChI=1S/C20H25FN2O3/c1-13(20(24)23(2)3)19(14-6-8-15(21)9-7-14)22-17-11-10-16(25-4)12-18(17)26-5/h6-13,19,22H,1-5H3/t13-,19+/m1/s1. The molecule has 0 bridgehead atoms. The fraction of sp³-hybridized carbons (Fsp3) is 0.350. The average Bonchev–Trinajstić information content (AvgIpc) is 2.65. The van der Waals surface area contributed by atoms with Gasteiger partial charge in [-0.05, 0) is 29.8 Å². The molecule has 0 aliphatic heterocycles. The molecule has 0 unspecified atom stereocenters. The van der Waals surface area contributed by atoms with Crippen LogP contribution in [0.2, 0.25) is 0 Å². The van der Waals surface area contributed by atoms with Gasteiger partial charge in [-0.1, -0.05) is 19.1 Å². The van der Waals surface area contributed by atoms with Gasteiger partial charge in [0.15, 0.2) is 0 Å². The van der Waals surface area contributed by atoms with Crippen molar-refractivity contribution in [2.75, 3.05) is 33.6 Å². The van der Waals surface area contributed by atoms with E-state index in [-0.39, 0.29) is 23.7 Å². The lowest BCUT2D eigenvalue weighted by molar-refractivity contribution is -0.132. The number of carbonyl (C=O) groups excluding carboxylic acids is 1. The van der Waals surface area contributed by atoms with Gasteiger partial charge in [-0.3, -0.25) is 4.79 Å². The van der Waals surface area contributed by atoms with Crippen molar-refractivity contribution in [1.29, 1.82) is 0 Å². The Labute approximate surface area is 153 Å². The molecule has 2 aromatic carbocycles. The minimum atomic E-state index is -0.373. The number of anilines is 1. The Morgan fingerprint density at radius 3 is 2.27 bits per heavy atom. The number of nitrogens with one attached hydrogen (secondary N) is 1. The van der Waals surface area contributed by atoms with Crippen LogP contribution in [0.5, 0.6) is 11.5 Å². The van der Waals surface area contributed by atoms with Gasteiger partial charge in [0.1, 0.15) is 17.3 Å². The highest BCUT2D eigenvalue weighted by atomic mass is 19.1. The predicted molar refractivity (Wildman–Crippen MR) is 100 cm³/mol. The van der Waals surface area contributed by atoms with Gasteiger partial charge in [-0.25, -0.2) is 4.39 Å². The number of hydrogen-bond acceptors (Lipinski definition) is 4. The molecule has 0 aromatic heterocycles. The van der Waals surface area contributed by atoms with Crippen molar-refractivity contribution in [2.45, 2.75) is 13.0 Å². The summed E-state index contributed by atoms with van der Waals surface area (Å²) in [6.45, 7) is 1.85. The van der Waals surface area contributed by atoms with Crippen molar-refractivity contribution in [3.05, 3.63) is 53.8 Å². The van der Waals surface area contributed by atoms with Crippen LogP contribution >= 0.6 is 0 Å². The SMILES string of the molecule is COc1ccc(N[C@H](c2ccc(F)cc2)[C@@H](C)C(=O)N(C)C)c(OC)c1. The van der Waals surface area contributed by atoms with E-state index in [0.29, 0.717) is 11.5 Å². The molecule has 2 aromatic rings. The Balaban J connectivity index is 2.41. The first-order chi connectivity index (χ1) is 12.4. The lowest BCUT2D eigenvalue weighted by Gasteiger charge is -2.28. The number of nitrogens with zero attached hydrogens (tertiary/aromatic N) is 1. The summed E-state index contributed by atoms with van der Waals surface area (Å²) >= 11 is 0. The highest BCUT2D eigenvalue weighted by molar-refractivity contribution is 5.79. The lowest BCUT2D eigenvalue weighted by Crippen LogP contribution is -2.34. The summed E-state index contributed by atoms with van der Waals surface area (Å²) in [5.41, 5.74) is 1.54. The van der Waals surface area contributed by atoms with Crippen molar-refractivity contribution < 1.29 is 18.7 Å². The highest BCUT2D eigenvalue weighted by Gasteiger charge is 2.27. The summed E-state index contributed by atoms with van der Waals surface area (Å²) < 4.78 is 24.0. The molecule has 0 heterocycles. The van der Waals surface area contributed by atoms with Gasteiger partial charge in [-0.15, -0.1) is 0 Å². The first-order valence-electron chi connectivity index (χ1n) is 8.32. The molecule has 140 valence electrons. The van der Waals surface area contributed by atoms with Crippen molar-refractivity contribution in [3.8, 4) is 11.5 Å². The van der Waals surface area contributed by atoms with Crippen LogP contribution in [0.15, 0.2) is 42.5 Å². The van der Waals surface area contributed by atoms with Gasteiger partial charge in [-0.2, -0.15) is 0 Å². The van der Waals surface area contributed by atoms with Crippen LogP contribution in [0.3, 0.4) is 0 Å². The van der Waals surface area contributed by atoms with E-state index in [9.17, 15) is 9.18 Å². The Kier molecular flexibility index (Phi) is 6.44. The number of hydrogen-bond donors (Lipinski definition) is 1. The minimum absolute atomic E-state index is 0.0284. The molecule has 6 heteroatoms. The third kappa shape index (κ3) is 4.45. The summed E-state index contributed by atoms with van der Waals surface area (Å²) in [5, 5.41) is 3.37. The van der Waals surface area contributed by atoms with Gasteiger partial charge in [0, 0.05) is 20.2 Å². The molecular weight excluding hydrogens is 335 g/mol. The smallest absolute Gasteiger partial charge is 0.227 e. The van der Waals surface area contributed by atoms with E-state index in [2.05, 4.69) is 5.32 Å². The Bertz CT molecular complexity index is 747. The monoisotopic (exact) mass is 360 g/mol. The number of ether oxygens (including phenoxy) is 2. The molecule has 0 saturated heterocycles. The average molecular weight is 360 g/mol. The quantitative estimate of drug-likeness (QED) is 0.818. The summed E-state index contributed by atoms with van der Waals surface area (Å²) in [6, 6.07) is 11.2. The Morgan fingerprint density at radius 2 is 1.73 bits per heavy atom. The van der Waals surface area contributed by atoms with E-state index >= 15 is 0 Å². The number of carbonyl (C=O) groups is 1. The zero-order valence-corrected chi connectivity index (χ0v) is 15.7. The minimum Gasteiger partial charge on any atom is -0.497 e. The lowest BCUT2D eigenvalue weighted by atomic mass is 9.93. The molecule has 1 N–H and O–H groups in total. The zero-order valence-electron chi connectivity index (χ0n) is 15.7. The fourth-order valence-electron chi connectivity index (χ4n) is 2.80. The first-order valence-corrected chi connectivity index (χ1v) is 8.32. The second-order valence-corrected chi connectivity index (χ2v) is 6.26. The van der Waals surface area contributed by atoms with Crippen molar-refractivity contribution in [2.24, 2.45) is 5.92 Å². The second kappa shape index (κ2) is 8.56. The maximum absolute atomic E-state index is 13.3. The van der Waals surface area contributed by atoms with E-state index < -0.39 is 0 Å².